The van der Waals surface area contributed by atoms with E-state index < -0.39 is 0 Å². The van der Waals surface area contributed by atoms with Gasteiger partial charge in [0, 0.05) is 19.1 Å². The normalized spacial score (nSPS) is 25.7. The van der Waals surface area contributed by atoms with Crippen LogP contribution in [0.25, 0.3) is 0 Å². The summed E-state index contributed by atoms with van der Waals surface area (Å²) in [5.41, 5.74) is 0. The summed E-state index contributed by atoms with van der Waals surface area (Å²) in [5.74, 6) is -0.171. The maximum atomic E-state index is 12.2. The first-order valence-corrected chi connectivity index (χ1v) is 7.89. The summed E-state index contributed by atoms with van der Waals surface area (Å²) in [5, 5.41) is 12.9. The van der Waals surface area contributed by atoms with Crippen LogP contribution in [0.15, 0.2) is 0 Å². The van der Waals surface area contributed by atoms with Gasteiger partial charge in [-0.05, 0) is 32.7 Å². The van der Waals surface area contributed by atoms with Crippen LogP contribution in [-0.4, -0.2) is 72.1 Å². The molecule has 0 bridgehead atoms. The molecule has 120 valence electrons. The summed E-state index contributed by atoms with van der Waals surface area (Å²) >= 11 is 0. The van der Waals surface area contributed by atoms with Gasteiger partial charge in [0.2, 0.25) is 11.8 Å². The van der Waals surface area contributed by atoms with Crippen LogP contribution in [0.4, 0.5) is 0 Å². The van der Waals surface area contributed by atoms with Crippen LogP contribution in [0.1, 0.15) is 38.5 Å². The fourth-order valence-electron chi connectivity index (χ4n) is 2.86. The van der Waals surface area contributed by atoms with E-state index >= 15 is 0 Å². The first-order chi connectivity index (χ1) is 9.97. The summed E-state index contributed by atoms with van der Waals surface area (Å²) in [6, 6.07) is 0.373. The molecule has 2 atom stereocenters. The molecule has 6 heteroatoms. The van der Waals surface area contributed by atoms with Crippen molar-refractivity contribution in [1.29, 1.82) is 0 Å². The third-order valence-electron chi connectivity index (χ3n) is 4.39. The van der Waals surface area contributed by atoms with Gasteiger partial charge < -0.3 is 15.3 Å². The minimum atomic E-state index is -0.347. The van der Waals surface area contributed by atoms with Crippen LogP contribution in [0.2, 0.25) is 0 Å². The van der Waals surface area contributed by atoms with Crippen molar-refractivity contribution in [2.75, 3.05) is 27.2 Å². The zero-order chi connectivity index (χ0) is 15.4. The Morgan fingerprint density at radius 2 is 1.76 bits per heavy atom. The van der Waals surface area contributed by atoms with Gasteiger partial charge in [0.1, 0.15) is 0 Å². The molecule has 2 fully saturated rings. The number of rotatable bonds is 6. The molecule has 0 radical (unpaired) electrons. The Kier molecular flexibility index (Phi) is 5.58. The zero-order valence-corrected chi connectivity index (χ0v) is 13.0. The van der Waals surface area contributed by atoms with E-state index in [1.165, 1.54) is 4.90 Å². The van der Waals surface area contributed by atoms with Crippen LogP contribution >= 0.6 is 0 Å². The van der Waals surface area contributed by atoms with Gasteiger partial charge in [0.05, 0.1) is 19.2 Å². The van der Waals surface area contributed by atoms with E-state index in [-0.39, 0.29) is 37.0 Å². The molecule has 0 saturated heterocycles. The standard InChI is InChI=1S/C15H27N3O3/c1-17(12-5-3-4-6-13(12)19)10-15(21)18(2)9-14(20)16-11-7-8-11/h11-13,19H,3-10H2,1-2H3,(H,16,20). The van der Waals surface area contributed by atoms with E-state index in [0.717, 1.165) is 38.5 Å². The number of nitrogens with one attached hydrogen (secondary N) is 1. The molecule has 0 aromatic carbocycles. The second-order valence-electron chi connectivity index (χ2n) is 6.43. The van der Waals surface area contributed by atoms with E-state index in [0.29, 0.717) is 6.04 Å². The minimum absolute atomic E-state index is 0.0522. The third-order valence-corrected chi connectivity index (χ3v) is 4.39. The lowest BCUT2D eigenvalue weighted by Crippen LogP contribution is -2.49. The van der Waals surface area contributed by atoms with E-state index in [2.05, 4.69) is 5.32 Å². The predicted octanol–water partition coefficient (Wildman–Crippen LogP) is -0.0413. The Morgan fingerprint density at radius 3 is 2.38 bits per heavy atom. The van der Waals surface area contributed by atoms with Gasteiger partial charge in [-0.1, -0.05) is 12.8 Å². The number of aliphatic hydroxyl groups excluding tert-OH is 1. The average Bonchev–Trinajstić information content (AvgIpc) is 3.22. The van der Waals surface area contributed by atoms with E-state index in [1.54, 1.807) is 7.05 Å². The molecule has 21 heavy (non-hydrogen) atoms. The summed E-state index contributed by atoms with van der Waals surface area (Å²) in [7, 11) is 3.52. The van der Waals surface area contributed by atoms with Crippen LogP contribution < -0.4 is 5.32 Å². The Balaban J connectivity index is 1.74. The fourth-order valence-corrected chi connectivity index (χ4v) is 2.86. The van der Waals surface area contributed by atoms with Crippen LogP contribution in [0.5, 0.6) is 0 Å². The largest absolute Gasteiger partial charge is 0.391 e. The van der Waals surface area contributed by atoms with Crippen molar-refractivity contribution in [2.45, 2.75) is 56.7 Å². The molecular formula is C15H27N3O3. The lowest BCUT2D eigenvalue weighted by Gasteiger charge is -2.35. The number of likely N-dealkylation sites (N-methyl/N-ethyl adjacent to an activating group) is 2. The maximum Gasteiger partial charge on any atom is 0.239 e. The molecule has 2 aliphatic rings. The summed E-state index contributed by atoms with van der Waals surface area (Å²) in [6.07, 6.45) is 5.64. The molecule has 0 aliphatic heterocycles. The van der Waals surface area contributed by atoms with Crippen LogP contribution in [0, 0.1) is 0 Å². The number of carbonyl (C=O) groups excluding carboxylic acids is 2. The topological polar surface area (TPSA) is 72.9 Å². The number of hydrogen-bond donors (Lipinski definition) is 2. The lowest BCUT2D eigenvalue weighted by atomic mass is 9.91. The van der Waals surface area contributed by atoms with Crippen molar-refractivity contribution in [2.24, 2.45) is 0 Å². The molecule has 2 amide bonds. The average molecular weight is 297 g/mol. The minimum Gasteiger partial charge on any atom is -0.391 e. The number of aliphatic hydroxyl groups is 1. The van der Waals surface area contributed by atoms with E-state index in [1.807, 2.05) is 11.9 Å². The first kappa shape index (κ1) is 16.2. The van der Waals surface area contributed by atoms with Crippen molar-refractivity contribution in [3.63, 3.8) is 0 Å². The van der Waals surface area contributed by atoms with Crippen molar-refractivity contribution in [3.05, 3.63) is 0 Å². The van der Waals surface area contributed by atoms with Gasteiger partial charge in [-0.15, -0.1) is 0 Å². The highest BCUT2D eigenvalue weighted by atomic mass is 16.3. The number of carbonyl (C=O) groups is 2. The van der Waals surface area contributed by atoms with Crippen LogP contribution in [0.3, 0.4) is 0 Å². The Labute approximate surface area is 126 Å². The third kappa shape index (κ3) is 4.97. The molecule has 2 saturated carbocycles. The molecule has 0 heterocycles. The SMILES string of the molecule is CN(CC(=O)NC1CC1)C(=O)CN(C)C1CCCCC1O. The highest BCUT2D eigenvalue weighted by Crippen LogP contribution is 2.22. The number of amides is 2. The Morgan fingerprint density at radius 1 is 1.10 bits per heavy atom. The van der Waals surface area contributed by atoms with E-state index in [4.69, 9.17) is 0 Å². The van der Waals surface area contributed by atoms with Crippen molar-refractivity contribution >= 4 is 11.8 Å². The first-order valence-electron chi connectivity index (χ1n) is 7.89. The van der Waals surface area contributed by atoms with Gasteiger partial charge in [0.15, 0.2) is 0 Å². The molecule has 2 unspecified atom stereocenters. The van der Waals surface area contributed by atoms with Crippen LogP contribution in [-0.2, 0) is 9.59 Å². The molecule has 2 rings (SSSR count). The quantitative estimate of drug-likeness (QED) is 0.721. The summed E-state index contributed by atoms with van der Waals surface area (Å²) < 4.78 is 0. The fraction of sp³-hybridized carbons (Fsp3) is 0.867. The molecule has 0 spiro atoms. The van der Waals surface area contributed by atoms with E-state index in [9.17, 15) is 14.7 Å². The molecule has 2 N–H and O–H groups in total. The molecule has 2 aliphatic carbocycles. The smallest absolute Gasteiger partial charge is 0.239 e. The highest BCUT2D eigenvalue weighted by molar-refractivity contribution is 5.85. The Hall–Kier alpha value is -1.14. The zero-order valence-electron chi connectivity index (χ0n) is 13.0. The number of hydrogen-bond acceptors (Lipinski definition) is 4. The van der Waals surface area contributed by atoms with Crippen molar-refractivity contribution in [3.8, 4) is 0 Å². The lowest BCUT2D eigenvalue weighted by molar-refractivity contribution is -0.136. The van der Waals surface area contributed by atoms with Gasteiger partial charge in [0.25, 0.3) is 0 Å². The highest BCUT2D eigenvalue weighted by Gasteiger charge is 2.29. The van der Waals surface area contributed by atoms with Crippen molar-refractivity contribution < 1.29 is 14.7 Å². The molecule has 0 aromatic heterocycles. The Bertz CT molecular complexity index is 384. The van der Waals surface area contributed by atoms with Gasteiger partial charge in [-0.3, -0.25) is 14.5 Å². The predicted molar refractivity (Wildman–Crippen MR) is 79.7 cm³/mol. The summed E-state index contributed by atoms with van der Waals surface area (Å²) in [6.45, 7) is 0.353. The second kappa shape index (κ2) is 7.22. The monoisotopic (exact) mass is 297 g/mol. The summed E-state index contributed by atoms with van der Waals surface area (Å²) in [4.78, 5) is 27.2. The van der Waals surface area contributed by atoms with Crippen molar-refractivity contribution in [1.82, 2.24) is 15.1 Å². The van der Waals surface area contributed by atoms with Gasteiger partial charge in [-0.25, -0.2) is 0 Å². The van der Waals surface area contributed by atoms with Gasteiger partial charge >= 0.3 is 0 Å². The molecule has 6 nitrogen and oxygen atoms in total. The second-order valence-corrected chi connectivity index (χ2v) is 6.43. The maximum absolute atomic E-state index is 12.2. The molecule has 0 aromatic rings. The molecular weight excluding hydrogens is 270 g/mol. The number of nitrogens with zero attached hydrogens (tertiary/aromatic N) is 2. The van der Waals surface area contributed by atoms with Gasteiger partial charge in [-0.2, -0.15) is 0 Å².